The third kappa shape index (κ3) is 2.19. The van der Waals surface area contributed by atoms with Gasteiger partial charge in [-0.15, -0.1) is 0 Å². The van der Waals surface area contributed by atoms with E-state index in [4.69, 9.17) is 5.73 Å². The van der Waals surface area contributed by atoms with Crippen LogP contribution in [0.15, 0.2) is 4.21 Å². The van der Waals surface area contributed by atoms with Crippen molar-refractivity contribution in [1.82, 2.24) is 9.29 Å². The number of nitrogens with zero attached hydrogens (tertiary/aromatic N) is 2. The molecule has 5 nitrogen and oxygen atoms in total. The number of rotatable bonds is 2. The molecule has 1 aromatic rings. The van der Waals surface area contributed by atoms with Crippen molar-refractivity contribution in [2.24, 2.45) is 11.8 Å². The number of nitrogen functional groups attached to an aromatic ring is 1. The van der Waals surface area contributed by atoms with Crippen LogP contribution in [0.3, 0.4) is 0 Å². The number of hydrogen-bond donors (Lipinski definition) is 1. The zero-order valence-corrected chi connectivity index (χ0v) is 11.8. The fourth-order valence-electron chi connectivity index (χ4n) is 2.03. The zero-order valence-electron chi connectivity index (χ0n) is 10.2. The Morgan fingerprint density at radius 3 is 2.29 bits per heavy atom. The first-order chi connectivity index (χ1) is 7.82. The quantitative estimate of drug-likeness (QED) is 0.883. The van der Waals surface area contributed by atoms with Crippen molar-refractivity contribution in [2.75, 3.05) is 18.8 Å². The van der Waals surface area contributed by atoms with Crippen LogP contribution in [0.5, 0.6) is 0 Å². The van der Waals surface area contributed by atoms with Crippen molar-refractivity contribution in [3.63, 3.8) is 0 Å². The summed E-state index contributed by atoms with van der Waals surface area (Å²) in [6.45, 7) is 7.01. The van der Waals surface area contributed by atoms with Crippen molar-refractivity contribution >= 4 is 26.5 Å². The van der Waals surface area contributed by atoms with Gasteiger partial charge in [-0.1, -0.05) is 25.2 Å². The molecule has 0 amide bonds. The van der Waals surface area contributed by atoms with Gasteiger partial charge < -0.3 is 5.73 Å². The molecular weight excluding hydrogens is 258 g/mol. The van der Waals surface area contributed by atoms with E-state index in [-0.39, 0.29) is 4.21 Å². The predicted octanol–water partition coefficient (Wildman–Crippen LogP) is 1.31. The van der Waals surface area contributed by atoms with Crippen LogP contribution in [-0.2, 0) is 10.0 Å². The number of nitrogens with two attached hydrogens (primary N) is 1. The first kappa shape index (κ1) is 12.8. The Morgan fingerprint density at radius 1 is 1.35 bits per heavy atom. The summed E-state index contributed by atoms with van der Waals surface area (Å²) in [7, 11) is -3.41. The summed E-state index contributed by atoms with van der Waals surface area (Å²) in [5.74, 6) is 0.797. The lowest BCUT2D eigenvalue weighted by atomic mass is 10.0. The van der Waals surface area contributed by atoms with Gasteiger partial charge in [-0.05, 0) is 18.8 Å². The zero-order chi connectivity index (χ0) is 12.8. The number of anilines is 1. The van der Waals surface area contributed by atoms with E-state index in [1.165, 1.54) is 0 Å². The van der Waals surface area contributed by atoms with Gasteiger partial charge in [-0.3, -0.25) is 0 Å². The Kier molecular flexibility index (Phi) is 3.17. The molecule has 17 heavy (non-hydrogen) atoms. The molecule has 0 aliphatic carbocycles. The second-order valence-corrected chi connectivity index (χ2v) is 7.87. The van der Waals surface area contributed by atoms with E-state index in [1.54, 1.807) is 11.2 Å². The molecule has 2 rings (SSSR count). The van der Waals surface area contributed by atoms with E-state index >= 15 is 0 Å². The highest BCUT2D eigenvalue weighted by Crippen LogP contribution is 2.32. The number of aromatic nitrogens is 1. The molecule has 0 radical (unpaired) electrons. The molecule has 96 valence electrons. The third-order valence-electron chi connectivity index (χ3n) is 3.30. The van der Waals surface area contributed by atoms with Gasteiger partial charge in [-0.25, -0.2) is 13.4 Å². The Labute approximate surface area is 106 Å². The number of sulfonamides is 1. The van der Waals surface area contributed by atoms with E-state index in [1.807, 2.05) is 0 Å². The highest BCUT2D eigenvalue weighted by atomic mass is 32.2. The van der Waals surface area contributed by atoms with Crippen molar-refractivity contribution < 1.29 is 8.42 Å². The fraction of sp³-hybridized carbons (Fsp3) is 0.700. The van der Waals surface area contributed by atoms with Gasteiger partial charge in [0.2, 0.25) is 0 Å². The Hall–Kier alpha value is -0.660. The molecule has 2 N–H and O–H groups in total. The maximum absolute atomic E-state index is 12.4. The molecule has 1 fully saturated rings. The van der Waals surface area contributed by atoms with Crippen LogP contribution in [0, 0.1) is 18.8 Å². The van der Waals surface area contributed by atoms with Crippen molar-refractivity contribution in [2.45, 2.75) is 25.0 Å². The summed E-state index contributed by atoms with van der Waals surface area (Å²) in [5, 5.41) is 0.307. The minimum Gasteiger partial charge on any atom is -0.375 e. The van der Waals surface area contributed by atoms with Gasteiger partial charge in [-0.2, -0.15) is 4.31 Å². The molecule has 0 aromatic carbocycles. The molecule has 0 saturated carbocycles. The molecule has 0 bridgehead atoms. The maximum atomic E-state index is 12.4. The summed E-state index contributed by atoms with van der Waals surface area (Å²) in [5.41, 5.74) is 6.05. The maximum Gasteiger partial charge on any atom is 0.254 e. The van der Waals surface area contributed by atoms with E-state index in [0.717, 1.165) is 11.3 Å². The monoisotopic (exact) mass is 275 g/mol. The molecule has 0 spiro atoms. The average molecular weight is 275 g/mol. The topological polar surface area (TPSA) is 76.3 Å². The van der Waals surface area contributed by atoms with Crippen LogP contribution < -0.4 is 5.73 Å². The molecule has 2 heterocycles. The van der Waals surface area contributed by atoms with Gasteiger partial charge in [0.15, 0.2) is 9.34 Å². The summed E-state index contributed by atoms with van der Waals surface area (Å²) in [6.07, 6.45) is 0. The average Bonchev–Trinajstić information content (AvgIpc) is 2.72. The third-order valence-corrected chi connectivity index (χ3v) is 6.70. The minimum absolute atomic E-state index is 0.288. The smallest absolute Gasteiger partial charge is 0.254 e. The second-order valence-electron chi connectivity index (χ2n) is 4.70. The second kappa shape index (κ2) is 4.22. The van der Waals surface area contributed by atoms with Crippen molar-refractivity contribution in [3.05, 3.63) is 5.69 Å². The summed E-state index contributed by atoms with van der Waals surface area (Å²) < 4.78 is 26.6. The van der Waals surface area contributed by atoms with Gasteiger partial charge in [0, 0.05) is 13.1 Å². The summed E-state index contributed by atoms with van der Waals surface area (Å²) >= 11 is 1.05. The van der Waals surface area contributed by atoms with Gasteiger partial charge in [0.05, 0.1) is 5.69 Å². The SMILES string of the molecule is Cc1nc(N)sc1S(=O)(=O)N1CC(C)C(C)C1. The number of aryl methyl sites for hydroxylation is 1. The Bertz CT molecular complexity index is 514. The highest BCUT2D eigenvalue weighted by Gasteiger charge is 2.36. The van der Waals surface area contributed by atoms with Gasteiger partial charge in [0.25, 0.3) is 10.0 Å². The van der Waals surface area contributed by atoms with Gasteiger partial charge in [0.1, 0.15) is 0 Å². The van der Waals surface area contributed by atoms with E-state index in [9.17, 15) is 8.42 Å². The minimum atomic E-state index is -3.41. The van der Waals surface area contributed by atoms with E-state index < -0.39 is 10.0 Å². The molecule has 2 atom stereocenters. The molecule has 1 saturated heterocycles. The first-order valence-corrected chi connectivity index (χ1v) is 7.81. The van der Waals surface area contributed by atoms with Crippen molar-refractivity contribution in [3.8, 4) is 0 Å². The molecular formula is C10H17N3O2S2. The van der Waals surface area contributed by atoms with Crippen LogP contribution in [0.25, 0.3) is 0 Å². The Balaban J connectivity index is 2.35. The van der Waals surface area contributed by atoms with E-state index in [2.05, 4.69) is 18.8 Å². The standard InChI is InChI=1S/C10H17N3O2S2/c1-6-4-13(5-7(6)2)17(14,15)9-8(3)12-10(11)16-9/h6-7H,4-5H2,1-3H3,(H2,11,12). The largest absolute Gasteiger partial charge is 0.375 e. The fourth-order valence-corrected chi connectivity index (χ4v) is 5.11. The molecule has 7 heteroatoms. The van der Waals surface area contributed by atoms with Crippen LogP contribution >= 0.6 is 11.3 Å². The first-order valence-electron chi connectivity index (χ1n) is 5.55. The molecule has 1 aliphatic rings. The van der Waals surface area contributed by atoms with Crippen molar-refractivity contribution in [1.29, 1.82) is 0 Å². The number of thiazole rings is 1. The lowest BCUT2D eigenvalue weighted by molar-refractivity contribution is 0.464. The molecule has 2 unspecified atom stereocenters. The summed E-state index contributed by atoms with van der Waals surface area (Å²) in [6, 6.07) is 0. The van der Waals surface area contributed by atoms with Crippen LogP contribution in [0.1, 0.15) is 19.5 Å². The van der Waals surface area contributed by atoms with Crippen LogP contribution in [0.4, 0.5) is 5.13 Å². The lowest BCUT2D eigenvalue weighted by Crippen LogP contribution is -2.28. The molecule has 1 aliphatic heterocycles. The Morgan fingerprint density at radius 2 is 1.88 bits per heavy atom. The van der Waals surface area contributed by atoms with Crippen LogP contribution in [-0.4, -0.2) is 30.8 Å². The lowest BCUT2D eigenvalue weighted by Gasteiger charge is -2.14. The van der Waals surface area contributed by atoms with Gasteiger partial charge >= 0.3 is 0 Å². The molecule has 1 aromatic heterocycles. The number of hydrogen-bond acceptors (Lipinski definition) is 5. The van der Waals surface area contributed by atoms with E-state index in [0.29, 0.717) is 35.8 Å². The van der Waals surface area contributed by atoms with Crippen LogP contribution in [0.2, 0.25) is 0 Å². The predicted molar refractivity (Wildman–Crippen MR) is 68.4 cm³/mol. The normalized spacial score (nSPS) is 26.5. The highest BCUT2D eigenvalue weighted by molar-refractivity contribution is 7.91. The summed E-state index contributed by atoms with van der Waals surface area (Å²) in [4.78, 5) is 3.98.